The predicted molar refractivity (Wildman–Crippen MR) is 82.2 cm³/mol. The maximum absolute atomic E-state index is 5.99. The molecule has 0 unspecified atom stereocenters. The van der Waals surface area contributed by atoms with Crippen LogP contribution in [0.3, 0.4) is 0 Å². The topological polar surface area (TPSA) is 41.7 Å². The van der Waals surface area contributed by atoms with Gasteiger partial charge in [-0.25, -0.2) is 0 Å². The zero-order valence-corrected chi connectivity index (χ0v) is 12.6. The van der Waals surface area contributed by atoms with E-state index in [1.807, 2.05) is 6.07 Å². The van der Waals surface area contributed by atoms with E-state index >= 15 is 0 Å². The molecule has 5 nitrogen and oxygen atoms in total. The van der Waals surface area contributed by atoms with Gasteiger partial charge in [-0.1, -0.05) is 35.5 Å². The number of nitrogens with zero attached hydrogens (tertiary/aromatic N) is 3. The molecule has 1 aromatic carbocycles. The van der Waals surface area contributed by atoms with Gasteiger partial charge >= 0.3 is 0 Å². The lowest BCUT2D eigenvalue weighted by Crippen LogP contribution is -2.50. The number of benzene rings is 1. The smallest absolute Gasteiger partial charge is 0.124 e. The van der Waals surface area contributed by atoms with E-state index in [-0.39, 0.29) is 0 Å². The Morgan fingerprint density at radius 2 is 2.00 bits per heavy atom. The zero-order valence-electron chi connectivity index (χ0n) is 12.6. The predicted octanol–water partition coefficient (Wildman–Crippen LogP) is 1.76. The van der Waals surface area contributed by atoms with Gasteiger partial charge in [-0.2, -0.15) is 0 Å². The van der Waals surface area contributed by atoms with Crippen LogP contribution in [-0.2, 0) is 17.8 Å². The van der Waals surface area contributed by atoms with Crippen molar-refractivity contribution in [3.63, 3.8) is 0 Å². The van der Waals surface area contributed by atoms with Crippen LogP contribution in [-0.4, -0.2) is 53.3 Å². The maximum Gasteiger partial charge on any atom is 0.124 e. The molecule has 1 aromatic heterocycles. The van der Waals surface area contributed by atoms with Gasteiger partial charge in [0.25, 0.3) is 0 Å². The average Bonchev–Trinajstić information content (AvgIpc) is 3.18. The fourth-order valence-electron chi connectivity index (χ4n) is 3.53. The largest absolute Gasteiger partial charge is 0.374 e. The Morgan fingerprint density at radius 1 is 1.09 bits per heavy atom. The molecule has 2 atom stereocenters. The van der Waals surface area contributed by atoms with Gasteiger partial charge in [0, 0.05) is 38.8 Å². The Balaban J connectivity index is 1.42. The summed E-state index contributed by atoms with van der Waals surface area (Å²) in [5.74, 6) is 0. The molecule has 2 aliphatic rings. The van der Waals surface area contributed by atoms with E-state index in [4.69, 9.17) is 9.26 Å². The molecule has 0 aliphatic carbocycles. The van der Waals surface area contributed by atoms with E-state index in [0.29, 0.717) is 12.1 Å². The highest BCUT2D eigenvalue weighted by Gasteiger charge is 2.39. The number of ether oxygens (including phenoxy) is 1. The van der Waals surface area contributed by atoms with Crippen molar-refractivity contribution in [2.24, 2.45) is 0 Å². The van der Waals surface area contributed by atoms with Crippen molar-refractivity contribution < 1.29 is 9.26 Å². The van der Waals surface area contributed by atoms with E-state index in [9.17, 15) is 0 Å². The molecule has 0 N–H and O–H groups in total. The number of aromatic nitrogens is 1. The summed E-state index contributed by atoms with van der Waals surface area (Å²) in [4.78, 5) is 4.97. The molecule has 2 fully saturated rings. The lowest BCUT2D eigenvalue weighted by Gasteiger charge is -2.37. The summed E-state index contributed by atoms with van der Waals surface area (Å²) in [6.45, 7) is 5.68. The summed E-state index contributed by atoms with van der Waals surface area (Å²) in [5, 5.41) is 4.01. The number of rotatable bonds is 4. The lowest BCUT2D eigenvalue weighted by molar-refractivity contribution is -0.0504. The molecule has 0 saturated carbocycles. The van der Waals surface area contributed by atoms with Crippen LogP contribution in [0.1, 0.15) is 11.3 Å². The number of hydrogen-bond donors (Lipinski definition) is 0. The summed E-state index contributed by atoms with van der Waals surface area (Å²) < 4.78 is 10.9. The van der Waals surface area contributed by atoms with Crippen molar-refractivity contribution in [3.8, 4) is 0 Å². The van der Waals surface area contributed by atoms with Crippen LogP contribution in [0, 0.1) is 0 Å². The third-order valence-corrected chi connectivity index (χ3v) is 4.60. The fraction of sp³-hybridized carbons (Fsp3) is 0.471. The molecule has 0 bridgehead atoms. The summed E-state index contributed by atoms with van der Waals surface area (Å²) >= 11 is 0. The summed E-state index contributed by atoms with van der Waals surface area (Å²) in [6, 6.07) is 13.1. The van der Waals surface area contributed by atoms with Crippen LogP contribution < -0.4 is 0 Å². The first-order valence-electron chi connectivity index (χ1n) is 7.90. The second kappa shape index (κ2) is 6.20. The van der Waals surface area contributed by atoms with E-state index in [2.05, 4.69) is 45.3 Å². The van der Waals surface area contributed by atoms with Crippen molar-refractivity contribution in [2.75, 3.05) is 26.2 Å². The molecule has 4 rings (SSSR count). The van der Waals surface area contributed by atoms with Gasteiger partial charge in [-0.3, -0.25) is 9.80 Å². The van der Waals surface area contributed by atoms with Gasteiger partial charge in [-0.15, -0.1) is 0 Å². The zero-order chi connectivity index (χ0) is 14.8. The molecule has 22 heavy (non-hydrogen) atoms. The summed E-state index contributed by atoms with van der Waals surface area (Å²) in [6.07, 6.45) is 1.95. The summed E-state index contributed by atoms with van der Waals surface area (Å²) in [5.41, 5.74) is 2.37. The van der Waals surface area contributed by atoms with Gasteiger partial charge in [0.1, 0.15) is 6.26 Å². The fourth-order valence-corrected chi connectivity index (χ4v) is 3.53. The minimum absolute atomic E-state index is 0.310. The maximum atomic E-state index is 5.99. The normalized spacial score (nSPS) is 26.2. The quantitative estimate of drug-likeness (QED) is 0.860. The van der Waals surface area contributed by atoms with Gasteiger partial charge in [-0.05, 0) is 5.56 Å². The van der Waals surface area contributed by atoms with Crippen LogP contribution in [0.2, 0.25) is 0 Å². The SMILES string of the molecule is c1ccc(CN2CCO[C@@H]3CN(Cc4ccon4)C[C@@H]32)cc1. The Hall–Kier alpha value is -1.69. The minimum atomic E-state index is 0.310. The van der Waals surface area contributed by atoms with Crippen LogP contribution in [0.25, 0.3) is 0 Å². The van der Waals surface area contributed by atoms with Crippen molar-refractivity contribution in [2.45, 2.75) is 25.2 Å². The highest BCUT2D eigenvalue weighted by molar-refractivity contribution is 5.15. The van der Waals surface area contributed by atoms with E-state index in [1.54, 1.807) is 6.26 Å². The average molecular weight is 299 g/mol. The number of likely N-dealkylation sites (tertiary alicyclic amines) is 1. The van der Waals surface area contributed by atoms with E-state index < -0.39 is 0 Å². The van der Waals surface area contributed by atoms with Gasteiger partial charge in [0.05, 0.1) is 24.4 Å². The highest BCUT2D eigenvalue weighted by Crippen LogP contribution is 2.25. The molecular weight excluding hydrogens is 278 g/mol. The van der Waals surface area contributed by atoms with Crippen LogP contribution >= 0.6 is 0 Å². The molecule has 2 saturated heterocycles. The first-order valence-corrected chi connectivity index (χ1v) is 7.90. The minimum Gasteiger partial charge on any atom is -0.374 e. The van der Waals surface area contributed by atoms with Crippen molar-refractivity contribution in [1.82, 2.24) is 15.0 Å². The second-order valence-electron chi connectivity index (χ2n) is 6.12. The highest BCUT2D eigenvalue weighted by atomic mass is 16.5. The van der Waals surface area contributed by atoms with E-state index in [1.165, 1.54) is 5.56 Å². The van der Waals surface area contributed by atoms with E-state index in [0.717, 1.165) is 45.0 Å². The Labute approximate surface area is 130 Å². The monoisotopic (exact) mass is 299 g/mol. The molecule has 5 heteroatoms. The van der Waals surface area contributed by atoms with Crippen LogP contribution in [0.15, 0.2) is 47.2 Å². The molecule has 0 spiro atoms. The molecular formula is C17H21N3O2. The third kappa shape index (κ3) is 2.92. The second-order valence-corrected chi connectivity index (χ2v) is 6.12. The molecule has 2 aliphatic heterocycles. The third-order valence-electron chi connectivity index (χ3n) is 4.60. The molecule has 0 amide bonds. The van der Waals surface area contributed by atoms with Crippen LogP contribution in [0.4, 0.5) is 0 Å². The van der Waals surface area contributed by atoms with Gasteiger partial charge in [0.2, 0.25) is 0 Å². The van der Waals surface area contributed by atoms with Gasteiger partial charge in [0.15, 0.2) is 0 Å². The van der Waals surface area contributed by atoms with Crippen molar-refractivity contribution in [3.05, 3.63) is 53.9 Å². The Kier molecular flexibility index (Phi) is 3.93. The van der Waals surface area contributed by atoms with Crippen LogP contribution in [0.5, 0.6) is 0 Å². The van der Waals surface area contributed by atoms with Crippen molar-refractivity contribution >= 4 is 0 Å². The standard InChI is InChI=1S/C17H21N3O2/c1-2-4-14(5-3-1)10-20-7-9-21-17-13-19(12-16(17)20)11-15-6-8-22-18-15/h1-6,8,16-17H,7,9-13H2/t16-,17+/m0/s1. The van der Waals surface area contributed by atoms with Gasteiger partial charge < -0.3 is 9.26 Å². The number of morpholine rings is 1. The lowest BCUT2D eigenvalue weighted by atomic mass is 10.1. The first-order chi connectivity index (χ1) is 10.9. The van der Waals surface area contributed by atoms with Crippen molar-refractivity contribution in [1.29, 1.82) is 0 Å². The Morgan fingerprint density at radius 3 is 2.82 bits per heavy atom. The molecule has 116 valence electrons. The number of hydrogen-bond acceptors (Lipinski definition) is 5. The summed E-state index contributed by atoms with van der Waals surface area (Å²) in [7, 11) is 0. The first kappa shape index (κ1) is 13.9. The molecule has 2 aromatic rings. The number of fused-ring (bicyclic) bond motifs is 1. The Bertz CT molecular complexity index is 587. The molecule has 3 heterocycles. The molecule has 0 radical (unpaired) electrons.